The van der Waals surface area contributed by atoms with Gasteiger partial charge in [-0.1, -0.05) is 12.8 Å². The molecule has 0 spiro atoms. The van der Waals surface area contributed by atoms with E-state index in [9.17, 15) is 4.79 Å². The molecule has 3 N–H and O–H groups in total. The van der Waals surface area contributed by atoms with Crippen LogP contribution >= 0.6 is 0 Å². The summed E-state index contributed by atoms with van der Waals surface area (Å²) in [6, 6.07) is 0.501. The second-order valence-electron chi connectivity index (χ2n) is 5.15. The maximum atomic E-state index is 11.8. The molecule has 1 aliphatic carbocycles. The van der Waals surface area contributed by atoms with Crippen LogP contribution in [0.5, 0.6) is 0 Å². The molecule has 0 bridgehead atoms. The quantitative estimate of drug-likeness (QED) is 0.727. The standard InChI is InChI=1S/C12H23N3O/c1-15-7-6-11(12(15)16)14-10-5-3-2-4-9(10)8-13/h9-11,14H,2-8,13H2,1H3. The third-order valence-corrected chi connectivity index (χ3v) is 4.05. The number of amides is 1. The van der Waals surface area contributed by atoms with E-state index < -0.39 is 0 Å². The molecular weight excluding hydrogens is 202 g/mol. The fourth-order valence-electron chi connectivity index (χ4n) is 2.94. The second kappa shape index (κ2) is 5.15. The molecule has 1 saturated carbocycles. The number of hydrogen-bond donors (Lipinski definition) is 2. The summed E-state index contributed by atoms with van der Waals surface area (Å²) in [4.78, 5) is 13.6. The van der Waals surface area contributed by atoms with E-state index in [1.165, 1.54) is 25.7 Å². The molecule has 4 heteroatoms. The lowest BCUT2D eigenvalue weighted by atomic mass is 9.84. The van der Waals surface area contributed by atoms with Gasteiger partial charge in [0.15, 0.2) is 0 Å². The van der Waals surface area contributed by atoms with Crippen LogP contribution in [0, 0.1) is 5.92 Å². The van der Waals surface area contributed by atoms with Crippen molar-refractivity contribution in [3.8, 4) is 0 Å². The van der Waals surface area contributed by atoms with Crippen molar-refractivity contribution in [2.45, 2.75) is 44.2 Å². The number of nitrogens with one attached hydrogen (secondary N) is 1. The highest BCUT2D eigenvalue weighted by atomic mass is 16.2. The first-order chi connectivity index (χ1) is 7.72. The van der Waals surface area contributed by atoms with Gasteiger partial charge in [0.25, 0.3) is 0 Å². The summed E-state index contributed by atoms with van der Waals surface area (Å²) in [6.07, 6.45) is 5.90. The SMILES string of the molecule is CN1CCC(NC2CCCCC2CN)C1=O. The Bertz CT molecular complexity index is 257. The predicted octanol–water partition coefficient (Wildman–Crippen LogP) is 0.324. The minimum Gasteiger partial charge on any atom is -0.344 e. The zero-order valence-corrected chi connectivity index (χ0v) is 10.1. The highest BCUT2D eigenvalue weighted by Gasteiger charge is 2.33. The average molecular weight is 225 g/mol. The maximum absolute atomic E-state index is 11.8. The van der Waals surface area contributed by atoms with Crippen molar-refractivity contribution in [3.05, 3.63) is 0 Å². The fourth-order valence-corrected chi connectivity index (χ4v) is 2.94. The van der Waals surface area contributed by atoms with Crippen LogP contribution in [0.4, 0.5) is 0 Å². The smallest absolute Gasteiger partial charge is 0.239 e. The fraction of sp³-hybridized carbons (Fsp3) is 0.917. The molecule has 2 fully saturated rings. The zero-order valence-electron chi connectivity index (χ0n) is 10.1. The lowest BCUT2D eigenvalue weighted by Gasteiger charge is -2.33. The van der Waals surface area contributed by atoms with Crippen LogP contribution in [0.2, 0.25) is 0 Å². The van der Waals surface area contributed by atoms with Gasteiger partial charge in [-0.3, -0.25) is 4.79 Å². The van der Waals surface area contributed by atoms with Gasteiger partial charge in [0, 0.05) is 19.6 Å². The van der Waals surface area contributed by atoms with Gasteiger partial charge < -0.3 is 16.0 Å². The summed E-state index contributed by atoms with van der Waals surface area (Å²) in [5.41, 5.74) is 5.79. The lowest BCUT2D eigenvalue weighted by Crippen LogP contribution is -2.49. The van der Waals surface area contributed by atoms with Crippen molar-refractivity contribution < 1.29 is 4.79 Å². The Morgan fingerprint density at radius 1 is 1.38 bits per heavy atom. The number of nitrogens with zero attached hydrogens (tertiary/aromatic N) is 1. The highest BCUT2D eigenvalue weighted by molar-refractivity contribution is 5.83. The van der Waals surface area contributed by atoms with E-state index in [1.54, 1.807) is 0 Å². The van der Waals surface area contributed by atoms with Gasteiger partial charge in [0.05, 0.1) is 6.04 Å². The van der Waals surface area contributed by atoms with E-state index in [1.807, 2.05) is 11.9 Å². The highest BCUT2D eigenvalue weighted by Crippen LogP contribution is 2.25. The topological polar surface area (TPSA) is 58.4 Å². The van der Waals surface area contributed by atoms with Crippen LogP contribution in [-0.4, -0.2) is 43.0 Å². The van der Waals surface area contributed by atoms with Crippen LogP contribution in [0.25, 0.3) is 0 Å². The summed E-state index contributed by atoms with van der Waals surface area (Å²) in [7, 11) is 1.88. The average Bonchev–Trinajstić information content (AvgIpc) is 2.62. The van der Waals surface area contributed by atoms with Crippen LogP contribution < -0.4 is 11.1 Å². The molecular formula is C12H23N3O. The molecule has 1 saturated heterocycles. The Balaban J connectivity index is 1.90. The van der Waals surface area contributed by atoms with Gasteiger partial charge in [-0.05, 0) is 31.7 Å². The Morgan fingerprint density at radius 3 is 2.75 bits per heavy atom. The van der Waals surface area contributed by atoms with Gasteiger partial charge in [-0.2, -0.15) is 0 Å². The van der Waals surface area contributed by atoms with Crippen molar-refractivity contribution in [1.29, 1.82) is 0 Å². The monoisotopic (exact) mass is 225 g/mol. The molecule has 3 unspecified atom stereocenters. The molecule has 16 heavy (non-hydrogen) atoms. The molecule has 2 rings (SSSR count). The number of carbonyl (C=O) groups excluding carboxylic acids is 1. The van der Waals surface area contributed by atoms with E-state index in [2.05, 4.69) is 5.32 Å². The van der Waals surface area contributed by atoms with Crippen molar-refractivity contribution >= 4 is 5.91 Å². The first kappa shape index (κ1) is 11.9. The number of rotatable bonds is 3. The minimum atomic E-state index is 0.0437. The van der Waals surface area contributed by atoms with Crippen LogP contribution in [0.1, 0.15) is 32.1 Å². The van der Waals surface area contributed by atoms with E-state index in [0.717, 1.165) is 19.5 Å². The zero-order chi connectivity index (χ0) is 11.5. The van der Waals surface area contributed by atoms with Gasteiger partial charge >= 0.3 is 0 Å². The number of hydrogen-bond acceptors (Lipinski definition) is 3. The maximum Gasteiger partial charge on any atom is 0.239 e. The van der Waals surface area contributed by atoms with Gasteiger partial charge in [-0.25, -0.2) is 0 Å². The summed E-state index contributed by atoms with van der Waals surface area (Å²) in [5, 5.41) is 3.53. The molecule has 1 heterocycles. The first-order valence-electron chi connectivity index (χ1n) is 6.43. The lowest BCUT2D eigenvalue weighted by molar-refractivity contribution is -0.128. The van der Waals surface area contributed by atoms with Crippen molar-refractivity contribution in [1.82, 2.24) is 10.2 Å². The normalized spacial score (nSPS) is 35.8. The van der Waals surface area contributed by atoms with Crippen molar-refractivity contribution in [2.24, 2.45) is 11.7 Å². The van der Waals surface area contributed by atoms with Crippen molar-refractivity contribution in [2.75, 3.05) is 20.1 Å². The molecule has 0 aromatic carbocycles. The predicted molar refractivity (Wildman–Crippen MR) is 64.0 cm³/mol. The number of likely N-dealkylation sites (N-methyl/N-ethyl adjacent to an activating group) is 1. The number of nitrogens with two attached hydrogens (primary N) is 1. The molecule has 0 aromatic heterocycles. The number of likely N-dealkylation sites (tertiary alicyclic amines) is 1. The van der Waals surface area contributed by atoms with Gasteiger partial charge in [-0.15, -0.1) is 0 Å². The summed E-state index contributed by atoms with van der Waals surface area (Å²) < 4.78 is 0. The summed E-state index contributed by atoms with van der Waals surface area (Å²) in [5.74, 6) is 0.814. The van der Waals surface area contributed by atoms with E-state index in [-0.39, 0.29) is 11.9 Å². The first-order valence-corrected chi connectivity index (χ1v) is 6.43. The van der Waals surface area contributed by atoms with Crippen LogP contribution in [0.3, 0.4) is 0 Å². The summed E-state index contributed by atoms with van der Waals surface area (Å²) >= 11 is 0. The van der Waals surface area contributed by atoms with Crippen LogP contribution in [0.15, 0.2) is 0 Å². The molecule has 1 amide bonds. The Morgan fingerprint density at radius 2 is 2.12 bits per heavy atom. The van der Waals surface area contributed by atoms with Gasteiger partial charge in [0.1, 0.15) is 0 Å². The second-order valence-corrected chi connectivity index (χ2v) is 5.15. The van der Waals surface area contributed by atoms with Crippen LogP contribution in [-0.2, 0) is 4.79 Å². The molecule has 1 aliphatic heterocycles. The van der Waals surface area contributed by atoms with Crippen molar-refractivity contribution in [3.63, 3.8) is 0 Å². The third kappa shape index (κ3) is 2.38. The largest absolute Gasteiger partial charge is 0.344 e. The molecule has 2 aliphatic rings. The Labute approximate surface area is 97.6 Å². The van der Waals surface area contributed by atoms with Gasteiger partial charge in [0.2, 0.25) is 5.91 Å². The molecule has 0 radical (unpaired) electrons. The number of carbonyl (C=O) groups is 1. The third-order valence-electron chi connectivity index (χ3n) is 4.05. The molecule has 92 valence electrons. The molecule has 4 nitrogen and oxygen atoms in total. The molecule has 0 aromatic rings. The Kier molecular flexibility index (Phi) is 3.82. The Hall–Kier alpha value is -0.610. The summed E-state index contributed by atoms with van der Waals surface area (Å²) in [6.45, 7) is 1.63. The molecule has 3 atom stereocenters. The van der Waals surface area contributed by atoms with E-state index >= 15 is 0 Å². The van der Waals surface area contributed by atoms with E-state index in [4.69, 9.17) is 5.73 Å². The minimum absolute atomic E-state index is 0.0437. The van der Waals surface area contributed by atoms with E-state index in [0.29, 0.717) is 12.0 Å².